The Labute approximate surface area is 144 Å². The summed E-state index contributed by atoms with van der Waals surface area (Å²) in [4.78, 5) is 27.5. The molecule has 1 aliphatic rings. The molecular weight excluding hydrogens is 316 g/mol. The van der Waals surface area contributed by atoms with E-state index in [0.717, 1.165) is 22.0 Å². The van der Waals surface area contributed by atoms with Crippen LogP contribution in [0.5, 0.6) is 0 Å². The van der Waals surface area contributed by atoms with E-state index < -0.39 is 6.04 Å². The summed E-state index contributed by atoms with van der Waals surface area (Å²) < 4.78 is 0. The summed E-state index contributed by atoms with van der Waals surface area (Å²) in [6.45, 7) is 1.98. The van der Waals surface area contributed by atoms with Crippen molar-refractivity contribution in [3.8, 4) is 0 Å². The van der Waals surface area contributed by atoms with E-state index in [4.69, 9.17) is 0 Å². The number of nitrogens with one attached hydrogen (secondary N) is 2. The molecule has 1 unspecified atom stereocenters. The summed E-state index contributed by atoms with van der Waals surface area (Å²) in [5, 5.41) is 9.21. The van der Waals surface area contributed by atoms with Crippen LogP contribution < -0.4 is 5.32 Å². The number of hydrogen-bond donors (Lipinski definition) is 2. The Kier molecular flexibility index (Phi) is 3.57. The lowest BCUT2D eigenvalue weighted by molar-refractivity contribution is -0.133. The first kappa shape index (κ1) is 15.1. The Bertz CT molecular complexity index is 988. The first-order chi connectivity index (χ1) is 12.2. The average Bonchev–Trinajstić information content (AvgIpc) is 3.05. The third-order valence-electron chi connectivity index (χ3n) is 4.32. The molecule has 2 heterocycles. The van der Waals surface area contributed by atoms with E-state index in [9.17, 15) is 9.59 Å². The van der Waals surface area contributed by atoms with Crippen molar-refractivity contribution in [1.82, 2.24) is 15.3 Å². The minimum atomic E-state index is -0.803. The second-order valence-electron chi connectivity index (χ2n) is 5.98. The summed E-state index contributed by atoms with van der Waals surface area (Å²) in [6.07, 6.45) is 2.33. The Hall–Kier alpha value is -3.41. The number of nitrogens with zero attached hydrogens (tertiary/aromatic N) is 2. The van der Waals surface area contributed by atoms with Crippen molar-refractivity contribution in [3.63, 3.8) is 0 Å². The lowest BCUT2D eigenvalue weighted by Crippen LogP contribution is -2.46. The quantitative estimate of drug-likeness (QED) is 0.723. The zero-order chi connectivity index (χ0) is 17.4. The maximum atomic E-state index is 12.7. The van der Waals surface area contributed by atoms with Crippen LogP contribution in [0.2, 0.25) is 0 Å². The van der Waals surface area contributed by atoms with Gasteiger partial charge in [0.05, 0.1) is 0 Å². The second-order valence-corrected chi connectivity index (χ2v) is 5.98. The van der Waals surface area contributed by atoms with E-state index in [1.165, 1.54) is 5.01 Å². The van der Waals surface area contributed by atoms with Gasteiger partial charge in [-0.2, -0.15) is 5.10 Å². The Morgan fingerprint density at radius 1 is 1.12 bits per heavy atom. The van der Waals surface area contributed by atoms with Crippen LogP contribution in [0.4, 0.5) is 0 Å². The summed E-state index contributed by atoms with van der Waals surface area (Å²) >= 11 is 0. The third-order valence-corrected chi connectivity index (χ3v) is 4.32. The molecule has 2 N–H and O–H groups in total. The van der Waals surface area contributed by atoms with Crippen LogP contribution in [0.1, 0.15) is 22.7 Å². The number of benzene rings is 2. The molecule has 124 valence electrons. The lowest BCUT2D eigenvalue weighted by atomic mass is 10.0. The van der Waals surface area contributed by atoms with E-state index in [2.05, 4.69) is 15.4 Å². The first-order valence-corrected chi connectivity index (χ1v) is 7.93. The number of aromatic nitrogens is 1. The number of rotatable bonds is 3. The molecule has 2 amide bonds. The number of H-pyrrole nitrogens is 1. The molecule has 0 radical (unpaired) electrons. The first-order valence-electron chi connectivity index (χ1n) is 7.93. The number of fused-ring (bicyclic) bond motifs is 1. The SMILES string of the molecule is Cc1ccc(C2=NN(C=O)C(c3c[nH]c4ccccc34)C(=O)N2)cc1. The van der Waals surface area contributed by atoms with Crippen LogP contribution in [0.15, 0.2) is 59.8 Å². The molecule has 1 aliphatic heterocycles. The number of hydrazone groups is 1. The largest absolute Gasteiger partial charge is 0.361 e. The van der Waals surface area contributed by atoms with Crippen molar-refractivity contribution in [1.29, 1.82) is 0 Å². The molecule has 0 saturated carbocycles. The van der Waals surface area contributed by atoms with Gasteiger partial charge in [-0.3, -0.25) is 9.59 Å². The van der Waals surface area contributed by atoms with Gasteiger partial charge >= 0.3 is 0 Å². The van der Waals surface area contributed by atoms with Crippen molar-refractivity contribution < 1.29 is 9.59 Å². The molecule has 3 aromatic rings. The van der Waals surface area contributed by atoms with E-state index in [-0.39, 0.29) is 5.91 Å². The summed E-state index contributed by atoms with van der Waals surface area (Å²) in [7, 11) is 0. The fraction of sp³-hybridized carbons (Fsp3) is 0.105. The minimum Gasteiger partial charge on any atom is -0.361 e. The standard InChI is InChI=1S/C19H16N4O2/c1-12-6-8-13(9-7-12)18-21-19(25)17(23(11-24)22-18)15-10-20-16-5-3-2-4-14(15)16/h2-11,17,20H,1H3,(H,21,22,25). The van der Waals surface area contributed by atoms with Crippen LogP contribution in [0.3, 0.4) is 0 Å². The fourth-order valence-electron chi connectivity index (χ4n) is 3.03. The van der Waals surface area contributed by atoms with Crippen LogP contribution in [0, 0.1) is 6.92 Å². The second kappa shape index (κ2) is 5.90. The number of hydrogen-bond acceptors (Lipinski definition) is 3. The van der Waals surface area contributed by atoms with Crippen molar-refractivity contribution in [2.24, 2.45) is 5.10 Å². The zero-order valence-electron chi connectivity index (χ0n) is 13.6. The highest BCUT2D eigenvalue weighted by molar-refractivity contribution is 6.11. The smallest absolute Gasteiger partial charge is 0.255 e. The molecule has 0 saturated heterocycles. The Morgan fingerprint density at radius 2 is 1.88 bits per heavy atom. The highest BCUT2D eigenvalue weighted by Gasteiger charge is 2.34. The molecule has 0 fully saturated rings. The normalized spacial score (nSPS) is 17.3. The van der Waals surface area contributed by atoms with Gasteiger partial charge in [0.2, 0.25) is 6.41 Å². The molecule has 1 aromatic heterocycles. The molecule has 2 aromatic carbocycles. The highest BCUT2D eigenvalue weighted by Crippen LogP contribution is 2.30. The van der Waals surface area contributed by atoms with Gasteiger partial charge in [0.1, 0.15) is 0 Å². The highest BCUT2D eigenvalue weighted by atomic mass is 16.2. The molecule has 6 heteroatoms. The molecule has 0 spiro atoms. The number of aromatic amines is 1. The molecule has 0 bridgehead atoms. The predicted octanol–water partition coefficient (Wildman–Crippen LogP) is 2.47. The van der Waals surface area contributed by atoms with Gasteiger partial charge in [0, 0.05) is 28.2 Å². The minimum absolute atomic E-state index is 0.289. The van der Waals surface area contributed by atoms with E-state index in [1.54, 1.807) is 6.20 Å². The summed E-state index contributed by atoms with van der Waals surface area (Å²) in [5.41, 5.74) is 3.48. The van der Waals surface area contributed by atoms with Crippen LogP contribution in [-0.4, -0.2) is 28.1 Å². The molecule has 6 nitrogen and oxygen atoms in total. The third kappa shape index (κ3) is 2.57. The number of para-hydroxylation sites is 1. The van der Waals surface area contributed by atoms with Crippen molar-refractivity contribution in [3.05, 3.63) is 71.4 Å². The Balaban J connectivity index is 1.77. The predicted molar refractivity (Wildman–Crippen MR) is 94.8 cm³/mol. The molecule has 1 atom stereocenters. The van der Waals surface area contributed by atoms with Crippen molar-refractivity contribution >= 4 is 29.1 Å². The van der Waals surface area contributed by atoms with E-state index in [1.807, 2.05) is 55.5 Å². The average molecular weight is 332 g/mol. The number of carbonyl (C=O) groups is 2. The van der Waals surface area contributed by atoms with Gasteiger partial charge in [-0.15, -0.1) is 0 Å². The van der Waals surface area contributed by atoms with E-state index in [0.29, 0.717) is 17.8 Å². The van der Waals surface area contributed by atoms with E-state index >= 15 is 0 Å². The van der Waals surface area contributed by atoms with Crippen LogP contribution >= 0.6 is 0 Å². The Morgan fingerprint density at radius 3 is 2.64 bits per heavy atom. The summed E-state index contributed by atoms with van der Waals surface area (Å²) in [5.74, 6) is 0.0793. The van der Waals surface area contributed by atoms with Crippen LogP contribution in [0.25, 0.3) is 10.9 Å². The van der Waals surface area contributed by atoms with Gasteiger partial charge in [0.15, 0.2) is 11.9 Å². The van der Waals surface area contributed by atoms with Gasteiger partial charge in [-0.25, -0.2) is 5.01 Å². The monoisotopic (exact) mass is 332 g/mol. The number of amidine groups is 1. The van der Waals surface area contributed by atoms with Gasteiger partial charge in [0.25, 0.3) is 5.91 Å². The topological polar surface area (TPSA) is 77.6 Å². The molecular formula is C19H16N4O2. The van der Waals surface area contributed by atoms with Crippen molar-refractivity contribution in [2.45, 2.75) is 13.0 Å². The maximum absolute atomic E-state index is 12.7. The van der Waals surface area contributed by atoms with Gasteiger partial charge in [-0.1, -0.05) is 48.0 Å². The van der Waals surface area contributed by atoms with Gasteiger partial charge < -0.3 is 10.3 Å². The number of amides is 2. The molecule has 4 rings (SSSR count). The molecule has 0 aliphatic carbocycles. The van der Waals surface area contributed by atoms with Crippen LogP contribution in [-0.2, 0) is 9.59 Å². The van der Waals surface area contributed by atoms with Gasteiger partial charge in [-0.05, 0) is 13.0 Å². The maximum Gasteiger partial charge on any atom is 0.255 e. The number of carbonyl (C=O) groups excluding carboxylic acids is 2. The fourth-order valence-corrected chi connectivity index (χ4v) is 3.03. The van der Waals surface area contributed by atoms with Crippen molar-refractivity contribution in [2.75, 3.05) is 0 Å². The number of aryl methyl sites for hydroxylation is 1. The zero-order valence-corrected chi connectivity index (χ0v) is 13.6. The molecule has 25 heavy (non-hydrogen) atoms. The lowest BCUT2D eigenvalue weighted by Gasteiger charge is -2.28. The summed E-state index contributed by atoms with van der Waals surface area (Å²) in [6, 6.07) is 14.4.